The highest BCUT2D eigenvalue weighted by atomic mass is 32.2. The molecule has 1 fully saturated rings. The summed E-state index contributed by atoms with van der Waals surface area (Å²) in [7, 11) is 0. The summed E-state index contributed by atoms with van der Waals surface area (Å²) in [6, 6.07) is 12.5. The SMILES string of the molecule is CCOc1cc(/C=C2/SC(=S)N(c3ccccc3OCC)C2=O)ccc1OCCC(=O)O. The van der Waals surface area contributed by atoms with Gasteiger partial charge in [-0.2, -0.15) is 0 Å². The van der Waals surface area contributed by atoms with Crippen LogP contribution in [-0.4, -0.2) is 41.1 Å². The number of rotatable bonds is 10. The molecule has 0 bridgehead atoms. The van der Waals surface area contributed by atoms with Gasteiger partial charge in [-0.15, -0.1) is 0 Å². The van der Waals surface area contributed by atoms with E-state index in [4.69, 9.17) is 31.5 Å². The van der Waals surface area contributed by atoms with E-state index in [1.54, 1.807) is 36.4 Å². The smallest absolute Gasteiger partial charge is 0.306 e. The number of anilines is 1. The van der Waals surface area contributed by atoms with E-state index in [-0.39, 0.29) is 18.9 Å². The van der Waals surface area contributed by atoms with Gasteiger partial charge in [-0.3, -0.25) is 14.5 Å². The summed E-state index contributed by atoms with van der Waals surface area (Å²) in [5.41, 5.74) is 1.34. The van der Waals surface area contributed by atoms with Gasteiger partial charge in [0.15, 0.2) is 15.8 Å². The number of carbonyl (C=O) groups is 2. The van der Waals surface area contributed by atoms with Crippen molar-refractivity contribution in [3.63, 3.8) is 0 Å². The van der Waals surface area contributed by atoms with Crippen molar-refractivity contribution in [3.8, 4) is 17.2 Å². The number of benzene rings is 2. The van der Waals surface area contributed by atoms with Gasteiger partial charge in [0.05, 0.1) is 36.8 Å². The van der Waals surface area contributed by atoms with Crippen molar-refractivity contribution in [2.24, 2.45) is 0 Å². The van der Waals surface area contributed by atoms with Gasteiger partial charge in [0.2, 0.25) is 0 Å². The van der Waals surface area contributed by atoms with Gasteiger partial charge in [0.1, 0.15) is 5.75 Å². The van der Waals surface area contributed by atoms with E-state index in [9.17, 15) is 9.59 Å². The third-order valence-electron chi connectivity index (χ3n) is 4.34. The van der Waals surface area contributed by atoms with Crippen LogP contribution in [-0.2, 0) is 9.59 Å². The Morgan fingerprint density at radius 3 is 2.50 bits per heavy atom. The second kappa shape index (κ2) is 11.0. The van der Waals surface area contributed by atoms with Crippen LogP contribution >= 0.6 is 24.0 Å². The molecular weight excluding hydrogens is 450 g/mol. The molecule has 3 rings (SSSR count). The zero-order valence-corrected chi connectivity index (χ0v) is 19.3. The fraction of sp³-hybridized carbons (Fsp3) is 0.261. The number of hydrogen-bond acceptors (Lipinski definition) is 7. The van der Waals surface area contributed by atoms with E-state index in [1.807, 2.05) is 26.0 Å². The fourth-order valence-electron chi connectivity index (χ4n) is 3.00. The largest absolute Gasteiger partial charge is 0.492 e. The van der Waals surface area contributed by atoms with E-state index < -0.39 is 5.97 Å². The van der Waals surface area contributed by atoms with E-state index in [2.05, 4.69) is 0 Å². The van der Waals surface area contributed by atoms with E-state index in [0.717, 1.165) is 5.56 Å². The molecule has 0 radical (unpaired) electrons. The van der Waals surface area contributed by atoms with Crippen LogP contribution in [0.4, 0.5) is 5.69 Å². The van der Waals surface area contributed by atoms with E-state index in [0.29, 0.717) is 45.4 Å². The number of carboxylic acids is 1. The van der Waals surface area contributed by atoms with Gasteiger partial charge in [0.25, 0.3) is 5.91 Å². The molecule has 0 saturated carbocycles. The second-order valence-electron chi connectivity index (χ2n) is 6.55. The molecule has 1 heterocycles. The molecule has 1 aliphatic heterocycles. The summed E-state index contributed by atoms with van der Waals surface area (Å²) in [5.74, 6) is 0.348. The molecule has 1 N–H and O–H groups in total. The third-order valence-corrected chi connectivity index (χ3v) is 5.64. The summed E-state index contributed by atoms with van der Waals surface area (Å²) < 4.78 is 17.2. The maximum Gasteiger partial charge on any atom is 0.306 e. The Kier molecular flexibility index (Phi) is 8.13. The molecule has 7 nitrogen and oxygen atoms in total. The van der Waals surface area contributed by atoms with Crippen LogP contribution in [0, 0.1) is 0 Å². The summed E-state index contributed by atoms with van der Waals surface area (Å²) in [5, 5.41) is 8.79. The summed E-state index contributed by atoms with van der Waals surface area (Å²) in [6.07, 6.45) is 1.63. The van der Waals surface area contributed by atoms with Gasteiger partial charge in [-0.1, -0.05) is 42.2 Å². The summed E-state index contributed by atoms with van der Waals surface area (Å²) >= 11 is 6.69. The number of amides is 1. The van der Waals surface area contributed by atoms with Crippen molar-refractivity contribution in [2.45, 2.75) is 20.3 Å². The zero-order valence-electron chi connectivity index (χ0n) is 17.7. The molecule has 2 aromatic rings. The number of hydrogen-bond donors (Lipinski definition) is 1. The molecule has 0 aliphatic carbocycles. The van der Waals surface area contributed by atoms with Crippen LogP contribution in [0.2, 0.25) is 0 Å². The van der Waals surface area contributed by atoms with Crippen molar-refractivity contribution >= 4 is 51.9 Å². The molecule has 1 aliphatic rings. The highest BCUT2D eigenvalue weighted by molar-refractivity contribution is 8.27. The summed E-state index contributed by atoms with van der Waals surface area (Å²) in [6.45, 7) is 4.64. The van der Waals surface area contributed by atoms with Crippen LogP contribution in [0.1, 0.15) is 25.8 Å². The van der Waals surface area contributed by atoms with Crippen molar-refractivity contribution < 1.29 is 28.9 Å². The molecule has 168 valence electrons. The molecule has 0 unspecified atom stereocenters. The Morgan fingerprint density at radius 2 is 1.78 bits per heavy atom. The number of thiocarbonyl (C=S) groups is 1. The lowest BCUT2D eigenvalue weighted by Gasteiger charge is -2.18. The maximum absolute atomic E-state index is 13.1. The average molecular weight is 474 g/mol. The molecule has 1 amide bonds. The van der Waals surface area contributed by atoms with Gasteiger partial charge < -0.3 is 19.3 Å². The second-order valence-corrected chi connectivity index (χ2v) is 8.23. The zero-order chi connectivity index (χ0) is 23.1. The first-order valence-electron chi connectivity index (χ1n) is 10.1. The Morgan fingerprint density at radius 1 is 1.06 bits per heavy atom. The topological polar surface area (TPSA) is 85.3 Å². The predicted molar refractivity (Wildman–Crippen MR) is 129 cm³/mol. The third kappa shape index (κ3) is 5.60. The minimum absolute atomic E-state index is 0.0344. The maximum atomic E-state index is 13.1. The number of nitrogens with zero attached hydrogens (tertiary/aromatic N) is 1. The number of thioether (sulfide) groups is 1. The molecular formula is C23H23NO6S2. The summed E-state index contributed by atoms with van der Waals surface area (Å²) in [4.78, 5) is 25.8. The quantitative estimate of drug-likeness (QED) is 0.391. The average Bonchev–Trinajstić information content (AvgIpc) is 3.03. The fourth-order valence-corrected chi connectivity index (χ4v) is 4.28. The highest BCUT2D eigenvalue weighted by Gasteiger charge is 2.34. The lowest BCUT2D eigenvalue weighted by atomic mass is 10.1. The molecule has 0 atom stereocenters. The van der Waals surface area contributed by atoms with Crippen molar-refractivity contribution in [3.05, 3.63) is 52.9 Å². The van der Waals surface area contributed by atoms with Crippen LogP contribution in [0.25, 0.3) is 6.08 Å². The number of carboxylic acid groups (broad SMARTS) is 1. The van der Waals surface area contributed by atoms with Gasteiger partial charge in [0, 0.05) is 0 Å². The molecule has 0 aromatic heterocycles. The van der Waals surface area contributed by atoms with Gasteiger partial charge >= 0.3 is 5.97 Å². The molecule has 0 spiro atoms. The van der Waals surface area contributed by atoms with Crippen LogP contribution in [0.3, 0.4) is 0 Å². The monoisotopic (exact) mass is 473 g/mol. The first-order chi connectivity index (χ1) is 15.4. The molecule has 9 heteroatoms. The van der Waals surface area contributed by atoms with Crippen molar-refractivity contribution in [2.75, 3.05) is 24.7 Å². The Balaban J connectivity index is 1.85. The minimum Gasteiger partial charge on any atom is -0.492 e. The van der Waals surface area contributed by atoms with Gasteiger partial charge in [-0.25, -0.2) is 0 Å². The van der Waals surface area contributed by atoms with E-state index in [1.165, 1.54) is 16.7 Å². The highest BCUT2D eigenvalue weighted by Crippen LogP contribution is 2.40. The first-order valence-corrected chi connectivity index (χ1v) is 11.3. The Hall–Kier alpha value is -3.04. The Bertz CT molecular complexity index is 1050. The lowest BCUT2D eigenvalue weighted by Crippen LogP contribution is -2.28. The van der Waals surface area contributed by atoms with Crippen LogP contribution < -0.4 is 19.1 Å². The first kappa shape index (κ1) is 23.6. The van der Waals surface area contributed by atoms with Crippen LogP contribution in [0.15, 0.2) is 47.4 Å². The standard InChI is InChI=1S/C23H23NO6S2/c1-3-28-17-8-6-5-7-16(17)24-22(27)20(32-23(24)31)14-15-9-10-18(19(13-15)29-4-2)30-12-11-21(25)26/h5-10,13-14H,3-4,11-12H2,1-2H3,(H,25,26)/b20-14+. The van der Waals surface area contributed by atoms with Crippen molar-refractivity contribution in [1.29, 1.82) is 0 Å². The predicted octanol–water partition coefficient (Wildman–Crippen LogP) is 4.74. The molecule has 32 heavy (non-hydrogen) atoms. The number of aliphatic carboxylic acids is 1. The number of ether oxygens (including phenoxy) is 3. The van der Waals surface area contributed by atoms with E-state index >= 15 is 0 Å². The normalized spacial score (nSPS) is 14.7. The number of para-hydroxylation sites is 2. The minimum atomic E-state index is -0.937. The Labute approximate surface area is 196 Å². The number of carbonyl (C=O) groups excluding carboxylic acids is 1. The van der Waals surface area contributed by atoms with Gasteiger partial charge in [-0.05, 0) is 49.8 Å². The molecule has 1 saturated heterocycles. The molecule has 2 aromatic carbocycles. The lowest BCUT2D eigenvalue weighted by molar-refractivity contribution is -0.137. The van der Waals surface area contributed by atoms with Crippen molar-refractivity contribution in [1.82, 2.24) is 0 Å². The van der Waals surface area contributed by atoms with Crippen LogP contribution in [0.5, 0.6) is 17.2 Å².